The third-order valence-electron chi connectivity index (χ3n) is 8.06. The topological polar surface area (TPSA) is 109 Å². The van der Waals surface area contributed by atoms with E-state index < -0.39 is 5.97 Å². The maximum Gasteiger partial charge on any atom is 0.303 e. The number of unbranched alkanes of at least 4 members (excludes halogenated alkanes) is 3. The monoisotopic (exact) mass is 573 g/mol. The molecule has 3 aromatic rings. The summed E-state index contributed by atoms with van der Waals surface area (Å²) in [6, 6.07) is 16.6. The minimum atomic E-state index is -0.729. The second-order valence-electron chi connectivity index (χ2n) is 11.3. The third kappa shape index (κ3) is 8.27. The van der Waals surface area contributed by atoms with E-state index in [0.717, 1.165) is 74.0 Å². The maximum absolute atomic E-state index is 10.6. The number of aliphatic carboxylic acids is 1. The van der Waals surface area contributed by atoms with Crippen LogP contribution >= 0.6 is 0 Å². The molecule has 0 amide bonds. The molecule has 1 aliphatic carbocycles. The zero-order valence-electron chi connectivity index (χ0n) is 24.6. The van der Waals surface area contributed by atoms with Gasteiger partial charge in [0.1, 0.15) is 23.1 Å². The van der Waals surface area contributed by atoms with Crippen LogP contribution in [0.2, 0.25) is 0 Å². The molecule has 1 aliphatic heterocycles. The second-order valence-corrected chi connectivity index (χ2v) is 11.3. The molecule has 0 saturated heterocycles. The van der Waals surface area contributed by atoms with Gasteiger partial charge in [0.05, 0.1) is 13.7 Å². The molecular weight excluding hydrogens is 530 g/mol. The largest absolute Gasteiger partial charge is 0.497 e. The van der Waals surface area contributed by atoms with Crippen LogP contribution in [0, 0.1) is 0 Å². The summed E-state index contributed by atoms with van der Waals surface area (Å²) in [5.41, 5.74) is 3.32. The van der Waals surface area contributed by atoms with Crippen LogP contribution in [0.25, 0.3) is 0 Å². The number of carbonyl (C=O) groups is 1. The minimum Gasteiger partial charge on any atom is -0.497 e. The lowest BCUT2D eigenvalue weighted by molar-refractivity contribution is -0.137. The molecule has 2 aliphatic rings. The molecule has 9 nitrogen and oxygen atoms in total. The van der Waals surface area contributed by atoms with Gasteiger partial charge in [-0.2, -0.15) is 9.97 Å². The lowest BCUT2D eigenvalue weighted by Gasteiger charge is -2.25. The van der Waals surface area contributed by atoms with Crippen LogP contribution < -0.4 is 25.0 Å². The van der Waals surface area contributed by atoms with E-state index in [-0.39, 0.29) is 6.42 Å². The van der Waals surface area contributed by atoms with Crippen LogP contribution in [0.1, 0.15) is 75.3 Å². The van der Waals surface area contributed by atoms with Gasteiger partial charge in [-0.1, -0.05) is 44.2 Å². The molecule has 2 aromatic carbocycles. The van der Waals surface area contributed by atoms with Gasteiger partial charge >= 0.3 is 5.97 Å². The number of aromatic nitrogens is 2. The van der Waals surface area contributed by atoms with Crippen molar-refractivity contribution in [3.05, 3.63) is 59.7 Å². The Kier molecular flexibility index (Phi) is 10.4. The molecule has 0 radical (unpaired) electrons. The molecule has 224 valence electrons. The van der Waals surface area contributed by atoms with Crippen molar-refractivity contribution in [2.24, 2.45) is 0 Å². The summed E-state index contributed by atoms with van der Waals surface area (Å²) in [6.07, 6.45) is 10.9. The van der Waals surface area contributed by atoms with Crippen LogP contribution in [0.5, 0.6) is 11.5 Å². The van der Waals surface area contributed by atoms with Gasteiger partial charge in [0, 0.05) is 36.8 Å². The number of methoxy groups -OCH3 is 1. The third-order valence-corrected chi connectivity index (χ3v) is 8.06. The Balaban J connectivity index is 1.24. The van der Waals surface area contributed by atoms with E-state index in [1.54, 1.807) is 7.11 Å². The summed E-state index contributed by atoms with van der Waals surface area (Å²) in [4.78, 5) is 22.9. The fourth-order valence-electron chi connectivity index (χ4n) is 5.72. The molecule has 1 aromatic heterocycles. The normalized spacial score (nSPS) is 14.8. The molecule has 0 unspecified atom stereocenters. The number of fused-ring (bicyclic) bond motifs is 1. The van der Waals surface area contributed by atoms with Gasteiger partial charge in [-0.3, -0.25) is 4.79 Å². The van der Waals surface area contributed by atoms with E-state index in [1.807, 2.05) is 36.4 Å². The molecule has 0 atom stereocenters. The van der Waals surface area contributed by atoms with E-state index in [9.17, 15) is 4.79 Å². The van der Waals surface area contributed by atoms with Crippen LogP contribution in [0.3, 0.4) is 0 Å². The first-order chi connectivity index (χ1) is 20.6. The van der Waals surface area contributed by atoms with Gasteiger partial charge in [0.25, 0.3) is 0 Å². The van der Waals surface area contributed by atoms with Crippen molar-refractivity contribution in [3.8, 4) is 11.5 Å². The lowest BCUT2D eigenvalue weighted by atomic mass is 9.95. The first-order valence-corrected chi connectivity index (χ1v) is 15.3. The highest BCUT2D eigenvalue weighted by atomic mass is 16.5. The molecular formula is C33H43N5O4. The van der Waals surface area contributed by atoms with Crippen molar-refractivity contribution in [3.63, 3.8) is 0 Å². The van der Waals surface area contributed by atoms with E-state index in [1.165, 1.54) is 43.2 Å². The highest BCUT2D eigenvalue weighted by molar-refractivity contribution is 5.68. The summed E-state index contributed by atoms with van der Waals surface area (Å²) in [5.74, 6) is 3.47. The lowest BCUT2D eigenvalue weighted by Crippen LogP contribution is -2.24. The molecule has 1 saturated carbocycles. The van der Waals surface area contributed by atoms with Gasteiger partial charge in [-0.25, -0.2) is 0 Å². The molecule has 1 fully saturated rings. The molecule has 0 spiro atoms. The minimum absolute atomic E-state index is 0.238. The Bertz CT molecular complexity index is 1290. The number of ether oxygens (including phenoxy) is 2. The summed E-state index contributed by atoms with van der Waals surface area (Å²) >= 11 is 0. The summed E-state index contributed by atoms with van der Waals surface area (Å²) in [5, 5.41) is 15.9. The van der Waals surface area contributed by atoms with Crippen molar-refractivity contribution < 1.29 is 19.4 Å². The van der Waals surface area contributed by atoms with Crippen molar-refractivity contribution in [1.82, 2.24) is 9.97 Å². The number of rotatable bonds is 15. The summed E-state index contributed by atoms with van der Waals surface area (Å²) in [7, 11) is 1.69. The number of anilines is 4. The molecule has 0 bridgehead atoms. The molecule has 9 heteroatoms. The molecule has 5 rings (SSSR count). The first kappa shape index (κ1) is 29.5. The average Bonchev–Trinajstić information content (AvgIpc) is 3.41. The number of nitrogens with one attached hydrogen (secondary N) is 2. The number of nitrogens with zero attached hydrogens (tertiary/aromatic N) is 3. The van der Waals surface area contributed by atoms with Gasteiger partial charge in [-0.05, 0) is 74.1 Å². The second kappa shape index (κ2) is 14.8. The number of benzene rings is 2. The van der Waals surface area contributed by atoms with Gasteiger partial charge < -0.3 is 30.1 Å². The van der Waals surface area contributed by atoms with E-state index in [0.29, 0.717) is 18.6 Å². The highest BCUT2D eigenvalue weighted by Gasteiger charge is 2.27. The SMILES string of the molecule is COc1ccc(CN2CCc3c(NC4CCCCC4)nc(Nc4ccc(OCCCCCCC(=O)O)cc4)nc32)cc1. The Hall–Kier alpha value is -4.01. The fraction of sp³-hybridized carbons (Fsp3) is 0.485. The summed E-state index contributed by atoms with van der Waals surface area (Å²) in [6.45, 7) is 2.31. The fourth-order valence-corrected chi connectivity index (χ4v) is 5.72. The van der Waals surface area contributed by atoms with Crippen LogP contribution in [0.4, 0.5) is 23.3 Å². The van der Waals surface area contributed by atoms with E-state index in [2.05, 4.69) is 27.7 Å². The van der Waals surface area contributed by atoms with Gasteiger partial charge in [0.15, 0.2) is 0 Å². The van der Waals surface area contributed by atoms with E-state index in [4.69, 9.17) is 24.5 Å². The Labute approximate surface area is 248 Å². The van der Waals surface area contributed by atoms with Crippen LogP contribution in [0.15, 0.2) is 48.5 Å². The number of hydrogen-bond acceptors (Lipinski definition) is 8. The standard InChI is InChI=1S/C33H43N5O4/c1-41-27-16-12-24(13-17-27)23-38-21-20-29-31(34-25-9-5-4-6-10-25)36-33(37-32(29)38)35-26-14-18-28(19-15-26)42-22-8-3-2-7-11-30(39)40/h12-19,25H,2-11,20-23H2,1H3,(H,39,40)(H2,34,35,36,37). The molecule has 42 heavy (non-hydrogen) atoms. The predicted molar refractivity (Wildman–Crippen MR) is 166 cm³/mol. The van der Waals surface area contributed by atoms with Crippen molar-refractivity contribution in [2.45, 2.75) is 83.2 Å². The van der Waals surface area contributed by atoms with Gasteiger partial charge in [-0.15, -0.1) is 0 Å². The van der Waals surface area contributed by atoms with Crippen molar-refractivity contribution in [2.75, 3.05) is 35.8 Å². The Morgan fingerprint density at radius 3 is 2.43 bits per heavy atom. The predicted octanol–water partition coefficient (Wildman–Crippen LogP) is 6.95. The van der Waals surface area contributed by atoms with Crippen molar-refractivity contribution >= 4 is 29.2 Å². The Morgan fingerprint density at radius 1 is 0.952 bits per heavy atom. The molecule has 3 N–H and O–H groups in total. The Morgan fingerprint density at radius 2 is 1.69 bits per heavy atom. The summed E-state index contributed by atoms with van der Waals surface area (Å²) < 4.78 is 11.2. The first-order valence-electron chi connectivity index (χ1n) is 15.3. The highest BCUT2D eigenvalue weighted by Crippen LogP contribution is 2.35. The average molecular weight is 574 g/mol. The zero-order valence-corrected chi connectivity index (χ0v) is 24.6. The number of hydrogen-bond donors (Lipinski definition) is 3. The van der Waals surface area contributed by atoms with Crippen LogP contribution in [-0.4, -0.2) is 47.3 Å². The maximum atomic E-state index is 10.6. The smallest absolute Gasteiger partial charge is 0.303 e. The van der Waals surface area contributed by atoms with Crippen molar-refractivity contribution in [1.29, 1.82) is 0 Å². The quantitative estimate of drug-likeness (QED) is 0.166. The molecule has 2 heterocycles. The number of carboxylic acids is 1. The van der Waals surface area contributed by atoms with Crippen LogP contribution in [-0.2, 0) is 17.8 Å². The zero-order chi connectivity index (χ0) is 29.1. The van der Waals surface area contributed by atoms with Gasteiger partial charge in [0.2, 0.25) is 5.95 Å². The number of carboxylic acid groups (broad SMARTS) is 1. The van der Waals surface area contributed by atoms with E-state index >= 15 is 0 Å².